The first-order valence-corrected chi connectivity index (χ1v) is 6.45. The zero-order chi connectivity index (χ0) is 13.7. The second-order valence-corrected chi connectivity index (χ2v) is 4.73. The molecule has 0 aromatic heterocycles. The van der Waals surface area contributed by atoms with Gasteiger partial charge < -0.3 is 14.7 Å². The number of likely N-dealkylation sites (tertiary alicyclic amines) is 1. The van der Waals surface area contributed by atoms with Crippen LogP contribution in [0.4, 0.5) is 0 Å². The predicted octanol–water partition coefficient (Wildman–Crippen LogP) is 1.55. The van der Waals surface area contributed by atoms with Gasteiger partial charge >= 0.3 is 0 Å². The van der Waals surface area contributed by atoms with Crippen LogP contribution in [-0.2, 0) is 4.79 Å². The molecule has 2 rings (SSSR count). The summed E-state index contributed by atoms with van der Waals surface area (Å²) in [4.78, 5) is 13.7. The first-order valence-electron chi connectivity index (χ1n) is 6.45. The summed E-state index contributed by atoms with van der Waals surface area (Å²) in [5.74, 6) is 1.00. The molecular formula is C15H19NO3. The molecule has 1 aromatic rings. The molecule has 4 nitrogen and oxygen atoms in total. The molecule has 0 bridgehead atoms. The van der Waals surface area contributed by atoms with Crippen LogP contribution < -0.4 is 4.74 Å². The Morgan fingerprint density at radius 2 is 2.42 bits per heavy atom. The van der Waals surface area contributed by atoms with Gasteiger partial charge in [-0.2, -0.15) is 0 Å². The molecule has 1 fully saturated rings. The number of carbonyl (C=O) groups is 1. The monoisotopic (exact) mass is 261 g/mol. The van der Waals surface area contributed by atoms with Gasteiger partial charge in [0.15, 0.2) is 0 Å². The van der Waals surface area contributed by atoms with Crippen LogP contribution in [0.25, 0.3) is 6.08 Å². The molecule has 4 heteroatoms. The molecule has 1 aliphatic heterocycles. The van der Waals surface area contributed by atoms with Crippen molar-refractivity contribution in [3.63, 3.8) is 0 Å². The third-order valence-corrected chi connectivity index (χ3v) is 3.37. The summed E-state index contributed by atoms with van der Waals surface area (Å²) < 4.78 is 5.13. The van der Waals surface area contributed by atoms with E-state index in [2.05, 4.69) is 0 Å². The van der Waals surface area contributed by atoms with E-state index in [4.69, 9.17) is 9.84 Å². The van der Waals surface area contributed by atoms with Gasteiger partial charge in [0.05, 0.1) is 7.11 Å². The summed E-state index contributed by atoms with van der Waals surface area (Å²) in [6, 6.07) is 7.56. The molecule has 1 amide bonds. The van der Waals surface area contributed by atoms with Crippen molar-refractivity contribution >= 4 is 12.0 Å². The number of amides is 1. The molecule has 1 aliphatic rings. The summed E-state index contributed by atoms with van der Waals surface area (Å²) in [5, 5.41) is 9.06. The van der Waals surface area contributed by atoms with Crippen molar-refractivity contribution in [1.82, 2.24) is 4.90 Å². The van der Waals surface area contributed by atoms with Gasteiger partial charge in [-0.3, -0.25) is 4.79 Å². The van der Waals surface area contributed by atoms with Crippen LogP contribution in [0.2, 0.25) is 0 Å². The van der Waals surface area contributed by atoms with Gasteiger partial charge in [0.2, 0.25) is 5.91 Å². The number of carbonyl (C=O) groups excluding carboxylic acids is 1. The minimum Gasteiger partial charge on any atom is -0.497 e. The summed E-state index contributed by atoms with van der Waals surface area (Å²) in [6.45, 7) is 1.54. The van der Waals surface area contributed by atoms with Crippen molar-refractivity contribution in [1.29, 1.82) is 0 Å². The Balaban J connectivity index is 1.96. The molecule has 0 radical (unpaired) electrons. The van der Waals surface area contributed by atoms with E-state index in [9.17, 15) is 4.79 Å². The number of aliphatic hydroxyl groups excluding tert-OH is 1. The van der Waals surface area contributed by atoms with E-state index in [1.54, 1.807) is 24.2 Å². The first kappa shape index (κ1) is 13.6. The lowest BCUT2D eigenvalue weighted by molar-refractivity contribution is -0.125. The Morgan fingerprint density at radius 3 is 3.11 bits per heavy atom. The summed E-state index contributed by atoms with van der Waals surface area (Å²) in [7, 11) is 1.62. The first-order chi connectivity index (χ1) is 9.22. The Hall–Kier alpha value is -1.81. The average Bonchev–Trinajstić information content (AvgIpc) is 2.94. The maximum absolute atomic E-state index is 12.0. The van der Waals surface area contributed by atoms with Crippen molar-refractivity contribution in [3.05, 3.63) is 35.9 Å². The van der Waals surface area contributed by atoms with E-state index < -0.39 is 0 Å². The maximum atomic E-state index is 12.0. The molecule has 1 N–H and O–H groups in total. The van der Waals surface area contributed by atoms with Gasteiger partial charge in [-0.25, -0.2) is 0 Å². The van der Waals surface area contributed by atoms with E-state index in [-0.39, 0.29) is 18.4 Å². The minimum absolute atomic E-state index is 0.00114. The fraction of sp³-hybridized carbons (Fsp3) is 0.400. The van der Waals surface area contributed by atoms with Crippen molar-refractivity contribution in [2.45, 2.75) is 6.42 Å². The number of hydrogen-bond acceptors (Lipinski definition) is 3. The standard InChI is InChI=1S/C15H19NO3/c1-19-14-4-2-3-12(9-14)5-6-15(18)16-8-7-13(10-16)11-17/h2-6,9,13,17H,7-8,10-11H2,1H3/b6-5+. The topological polar surface area (TPSA) is 49.8 Å². The fourth-order valence-electron chi connectivity index (χ4n) is 2.20. The van der Waals surface area contributed by atoms with Gasteiger partial charge in [0.1, 0.15) is 5.75 Å². The molecule has 1 saturated heterocycles. The van der Waals surface area contributed by atoms with Crippen molar-refractivity contribution < 1.29 is 14.6 Å². The van der Waals surface area contributed by atoms with Gasteiger partial charge in [0, 0.05) is 31.7 Å². The normalized spacial score (nSPS) is 19.1. The third kappa shape index (κ3) is 3.58. The van der Waals surface area contributed by atoms with Crippen LogP contribution in [0.1, 0.15) is 12.0 Å². The molecule has 1 heterocycles. The summed E-state index contributed by atoms with van der Waals surface area (Å²) >= 11 is 0. The Labute approximate surface area is 113 Å². The van der Waals surface area contributed by atoms with Gasteiger partial charge in [0.25, 0.3) is 0 Å². The lowest BCUT2D eigenvalue weighted by Gasteiger charge is -2.13. The number of nitrogens with zero attached hydrogens (tertiary/aromatic N) is 1. The van der Waals surface area contributed by atoms with E-state index in [1.165, 1.54) is 0 Å². The number of rotatable bonds is 4. The number of hydrogen-bond donors (Lipinski definition) is 1. The predicted molar refractivity (Wildman–Crippen MR) is 73.8 cm³/mol. The molecule has 0 aliphatic carbocycles. The molecule has 0 spiro atoms. The second-order valence-electron chi connectivity index (χ2n) is 4.73. The molecule has 1 atom stereocenters. The Bertz CT molecular complexity index is 470. The highest BCUT2D eigenvalue weighted by atomic mass is 16.5. The van der Waals surface area contributed by atoms with E-state index in [0.29, 0.717) is 6.54 Å². The summed E-state index contributed by atoms with van der Waals surface area (Å²) in [5.41, 5.74) is 0.936. The number of ether oxygens (including phenoxy) is 1. The maximum Gasteiger partial charge on any atom is 0.246 e. The van der Waals surface area contributed by atoms with Crippen LogP contribution in [0.3, 0.4) is 0 Å². The van der Waals surface area contributed by atoms with Crippen molar-refractivity contribution in [2.24, 2.45) is 5.92 Å². The van der Waals surface area contributed by atoms with E-state index >= 15 is 0 Å². The highest BCUT2D eigenvalue weighted by Gasteiger charge is 2.23. The number of benzene rings is 1. The number of aliphatic hydroxyl groups is 1. The van der Waals surface area contributed by atoms with Crippen LogP contribution in [0.15, 0.2) is 30.3 Å². The molecule has 19 heavy (non-hydrogen) atoms. The van der Waals surface area contributed by atoms with Crippen LogP contribution in [0.5, 0.6) is 5.75 Å². The Kier molecular flexibility index (Phi) is 4.58. The molecule has 102 valence electrons. The van der Waals surface area contributed by atoms with Crippen molar-refractivity contribution in [3.8, 4) is 5.75 Å². The van der Waals surface area contributed by atoms with Crippen LogP contribution in [0, 0.1) is 5.92 Å². The van der Waals surface area contributed by atoms with Gasteiger partial charge in [-0.1, -0.05) is 12.1 Å². The highest BCUT2D eigenvalue weighted by molar-refractivity contribution is 5.92. The summed E-state index contributed by atoms with van der Waals surface area (Å²) in [6.07, 6.45) is 4.25. The smallest absolute Gasteiger partial charge is 0.246 e. The second kappa shape index (κ2) is 6.38. The SMILES string of the molecule is COc1cccc(/C=C/C(=O)N2CCC(CO)C2)c1. The van der Waals surface area contributed by atoms with Crippen LogP contribution >= 0.6 is 0 Å². The zero-order valence-corrected chi connectivity index (χ0v) is 11.1. The average molecular weight is 261 g/mol. The fourth-order valence-corrected chi connectivity index (χ4v) is 2.20. The lowest BCUT2D eigenvalue weighted by atomic mass is 10.1. The molecule has 1 aromatic carbocycles. The van der Waals surface area contributed by atoms with E-state index in [0.717, 1.165) is 24.3 Å². The lowest BCUT2D eigenvalue weighted by Crippen LogP contribution is -2.27. The number of methoxy groups -OCH3 is 1. The largest absolute Gasteiger partial charge is 0.497 e. The third-order valence-electron chi connectivity index (χ3n) is 3.37. The zero-order valence-electron chi connectivity index (χ0n) is 11.1. The van der Waals surface area contributed by atoms with Crippen LogP contribution in [-0.4, -0.2) is 42.7 Å². The van der Waals surface area contributed by atoms with E-state index in [1.807, 2.05) is 24.3 Å². The molecular weight excluding hydrogens is 242 g/mol. The molecule has 0 saturated carbocycles. The highest BCUT2D eigenvalue weighted by Crippen LogP contribution is 2.17. The molecule has 1 unspecified atom stereocenters. The Morgan fingerprint density at radius 1 is 1.58 bits per heavy atom. The quantitative estimate of drug-likeness (QED) is 0.837. The minimum atomic E-state index is -0.00114. The van der Waals surface area contributed by atoms with Gasteiger partial charge in [-0.15, -0.1) is 0 Å². The van der Waals surface area contributed by atoms with Crippen molar-refractivity contribution in [2.75, 3.05) is 26.8 Å². The van der Waals surface area contributed by atoms with Gasteiger partial charge in [-0.05, 0) is 30.2 Å².